The minimum absolute atomic E-state index is 0.0434. The number of carbonyl (C=O) groups excluding carboxylic acids is 1. The predicted octanol–water partition coefficient (Wildman–Crippen LogP) is 1.71. The summed E-state index contributed by atoms with van der Waals surface area (Å²) in [6.07, 6.45) is 0. The standard InChI is InChI=1S/C12H16FNO3S/c1-8-4-5-9(2)11(6-8)18(16,17)14-12(15)10(3)7-13/h4-6,10H,7H2,1-3H3,(H,14,15). The fourth-order valence-electron chi connectivity index (χ4n) is 1.35. The van der Waals surface area contributed by atoms with E-state index in [0.29, 0.717) is 5.56 Å². The minimum atomic E-state index is -3.93. The van der Waals surface area contributed by atoms with Gasteiger partial charge in [-0.2, -0.15) is 0 Å². The van der Waals surface area contributed by atoms with E-state index in [0.717, 1.165) is 5.56 Å². The lowest BCUT2D eigenvalue weighted by atomic mass is 10.2. The Bertz CT molecular complexity index is 554. The molecule has 1 aromatic rings. The van der Waals surface area contributed by atoms with Crippen LogP contribution < -0.4 is 4.72 Å². The second kappa shape index (κ2) is 5.48. The third-order valence-electron chi connectivity index (χ3n) is 2.55. The Hall–Kier alpha value is -1.43. The molecule has 0 bridgehead atoms. The van der Waals surface area contributed by atoms with Crippen molar-refractivity contribution >= 4 is 15.9 Å². The lowest BCUT2D eigenvalue weighted by Crippen LogP contribution is -2.35. The molecule has 0 radical (unpaired) electrons. The molecule has 1 N–H and O–H groups in total. The van der Waals surface area contributed by atoms with E-state index in [9.17, 15) is 17.6 Å². The fraction of sp³-hybridized carbons (Fsp3) is 0.417. The van der Waals surface area contributed by atoms with Gasteiger partial charge in [0.2, 0.25) is 5.91 Å². The maximum Gasteiger partial charge on any atom is 0.264 e. The lowest BCUT2D eigenvalue weighted by molar-refractivity contribution is -0.123. The van der Waals surface area contributed by atoms with Crippen molar-refractivity contribution in [3.05, 3.63) is 29.3 Å². The quantitative estimate of drug-likeness (QED) is 0.908. The normalized spacial score (nSPS) is 13.1. The molecule has 100 valence electrons. The smallest absolute Gasteiger partial charge is 0.264 e. The van der Waals surface area contributed by atoms with Crippen LogP contribution in [0.2, 0.25) is 0 Å². The van der Waals surface area contributed by atoms with Crippen molar-refractivity contribution in [2.75, 3.05) is 6.67 Å². The molecule has 0 aromatic heterocycles. The molecule has 0 aliphatic heterocycles. The Morgan fingerprint density at radius 2 is 2.00 bits per heavy atom. The Labute approximate surface area is 106 Å². The average molecular weight is 273 g/mol. The molecule has 0 aliphatic carbocycles. The van der Waals surface area contributed by atoms with Gasteiger partial charge >= 0.3 is 0 Å². The van der Waals surface area contributed by atoms with Gasteiger partial charge in [-0.25, -0.2) is 13.1 Å². The minimum Gasteiger partial charge on any atom is -0.274 e. The molecule has 18 heavy (non-hydrogen) atoms. The molecule has 1 aromatic carbocycles. The van der Waals surface area contributed by atoms with E-state index in [1.807, 2.05) is 4.72 Å². The Morgan fingerprint density at radius 3 is 2.56 bits per heavy atom. The summed E-state index contributed by atoms with van der Waals surface area (Å²) in [6.45, 7) is 3.82. The van der Waals surface area contributed by atoms with Crippen LogP contribution in [0.3, 0.4) is 0 Å². The van der Waals surface area contributed by atoms with Gasteiger partial charge in [0.05, 0.1) is 10.8 Å². The number of rotatable bonds is 4. The van der Waals surface area contributed by atoms with Crippen LogP contribution in [-0.4, -0.2) is 21.0 Å². The van der Waals surface area contributed by atoms with Crippen LogP contribution in [0.25, 0.3) is 0 Å². The van der Waals surface area contributed by atoms with Gasteiger partial charge in [-0.1, -0.05) is 19.1 Å². The number of halogens is 1. The summed E-state index contributed by atoms with van der Waals surface area (Å²) in [6, 6.07) is 4.92. The largest absolute Gasteiger partial charge is 0.274 e. The molecule has 1 atom stereocenters. The molecule has 0 heterocycles. The predicted molar refractivity (Wildman–Crippen MR) is 66.4 cm³/mol. The van der Waals surface area contributed by atoms with Crippen molar-refractivity contribution < 1.29 is 17.6 Å². The second-order valence-corrected chi connectivity index (χ2v) is 5.94. The first-order valence-electron chi connectivity index (χ1n) is 5.48. The maximum atomic E-state index is 12.3. The summed E-state index contributed by atoms with van der Waals surface area (Å²) in [4.78, 5) is 11.5. The van der Waals surface area contributed by atoms with E-state index in [1.54, 1.807) is 26.0 Å². The number of hydrogen-bond acceptors (Lipinski definition) is 3. The van der Waals surface area contributed by atoms with Crippen molar-refractivity contribution in [3.63, 3.8) is 0 Å². The van der Waals surface area contributed by atoms with Crippen LogP contribution in [0.4, 0.5) is 4.39 Å². The first kappa shape index (κ1) is 14.6. The summed E-state index contributed by atoms with van der Waals surface area (Å²) in [5.74, 6) is -1.82. The number of alkyl halides is 1. The highest BCUT2D eigenvalue weighted by atomic mass is 32.2. The zero-order valence-corrected chi connectivity index (χ0v) is 11.3. The molecule has 6 heteroatoms. The van der Waals surface area contributed by atoms with Gasteiger partial charge in [-0.05, 0) is 31.0 Å². The van der Waals surface area contributed by atoms with Crippen molar-refractivity contribution in [3.8, 4) is 0 Å². The zero-order chi connectivity index (χ0) is 13.9. The number of aryl methyl sites for hydroxylation is 2. The summed E-state index contributed by atoms with van der Waals surface area (Å²) >= 11 is 0. The van der Waals surface area contributed by atoms with E-state index in [1.165, 1.54) is 13.0 Å². The fourth-order valence-corrected chi connectivity index (χ4v) is 2.76. The Balaban J connectivity index is 3.07. The molecule has 1 unspecified atom stereocenters. The highest BCUT2D eigenvalue weighted by Gasteiger charge is 2.23. The SMILES string of the molecule is Cc1ccc(C)c(S(=O)(=O)NC(=O)C(C)CF)c1. The van der Waals surface area contributed by atoms with E-state index in [4.69, 9.17) is 0 Å². The van der Waals surface area contributed by atoms with E-state index in [-0.39, 0.29) is 4.90 Å². The number of nitrogens with one attached hydrogen (secondary N) is 1. The number of amides is 1. The summed E-state index contributed by atoms with van der Waals surface area (Å²) in [7, 11) is -3.93. The van der Waals surface area contributed by atoms with Crippen molar-refractivity contribution in [2.45, 2.75) is 25.7 Å². The van der Waals surface area contributed by atoms with E-state index < -0.39 is 28.5 Å². The number of sulfonamides is 1. The molecule has 0 aliphatic rings. The summed E-state index contributed by atoms with van der Waals surface area (Å²) in [5.41, 5.74) is 1.31. The average Bonchev–Trinajstić information content (AvgIpc) is 2.30. The highest BCUT2D eigenvalue weighted by molar-refractivity contribution is 7.90. The zero-order valence-electron chi connectivity index (χ0n) is 10.5. The van der Waals surface area contributed by atoms with Gasteiger partial charge in [-0.3, -0.25) is 9.18 Å². The van der Waals surface area contributed by atoms with Gasteiger partial charge in [-0.15, -0.1) is 0 Å². The molecular weight excluding hydrogens is 257 g/mol. The Morgan fingerprint density at radius 1 is 1.39 bits per heavy atom. The molecule has 1 rings (SSSR count). The second-order valence-electron chi connectivity index (χ2n) is 4.29. The van der Waals surface area contributed by atoms with Crippen molar-refractivity contribution in [1.29, 1.82) is 0 Å². The molecule has 0 saturated carbocycles. The third kappa shape index (κ3) is 3.29. The molecular formula is C12H16FNO3S. The first-order chi connectivity index (χ1) is 8.27. The Kier molecular flexibility index (Phi) is 4.45. The van der Waals surface area contributed by atoms with Crippen LogP contribution in [0.5, 0.6) is 0 Å². The monoisotopic (exact) mass is 273 g/mol. The van der Waals surface area contributed by atoms with Crippen molar-refractivity contribution in [1.82, 2.24) is 4.72 Å². The molecule has 0 spiro atoms. The van der Waals surface area contributed by atoms with Crippen LogP contribution in [0.15, 0.2) is 23.1 Å². The molecule has 1 amide bonds. The van der Waals surface area contributed by atoms with Crippen LogP contribution in [0.1, 0.15) is 18.1 Å². The lowest BCUT2D eigenvalue weighted by Gasteiger charge is -2.12. The third-order valence-corrected chi connectivity index (χ3v) is 4.04. The summed E-state index contributed by atoms with van der Waals surface area (Å²) < 4.78 is 38.2. The molecule has 0 fully saturated rings. The maximum absolute atomic E-state index is 12.3. The van der Waals surface area contributed by atoms with Gasteiger partial charge in [0, 0.05) is 0 Å². The van der Waals surface area contributed by atoms with Crippen LogP contribution >= 0.6 is 0 Å². The van der Waals surface area contributed by atoms with Gasteiger partial charge in [0.1, 0.15) is 6.67 Å². The summed E-state index contributed by atoms with van der Waals surface area (Å²) in [5, 5.41) is 0. The topological polar surface area (TPSA) is 63.2 Å². The number of carbonyl (C=O) groups is 1. The van der Waals surface area contributed by atoms with E-state index >= 15 is 0 Å². The van der Waals surface area contributed by atoms with Gasteiger partial charge in [0.15, 0.2) is 0 Å². The molecule has 0 saturated heterocycles. The van der Waals surface area contributed by atoms with Crippen LogP contribution in [0, 0.1) is 19.8 Å². The van der Waals surface area contributed by atoms with Gasteiger partial charge < -0.3 is 0 Å². The highest BCUT2D eigenvalue weighted by Crippen LogP contribution is 2.16. The number of hydrogen-bond donors (Lipinski definition) is 1. The van der Waals surface area contributed by atoms with Gasteiger partial charge in [0.25, 0.3) is 10.0 Å². The van der Waals surface area contributed by atoms with Crippen molar-refractivity contribution in [2.24, 2.45) is 5.92 Å². The van der Waals surface area contributed by atoms with Crippen LogP contribution in [-0.2, 0) is 14.8 Å². The first-order valence-corrected chi connectivity index (χ1v) is 6.96. The number of benzene rings is 1. The molecule has 4 nitrogen and oxygen atoms in total. The van der Waals surface area contributed by atoms with E-state index in [2.05, 4.69) is 0 Å².